The molecule has 0 radical (unpaired) electrons. The van der Waals surface area contributed by atoms with Crippen molar-refractivity contribution in [2.24, 2.45) is 0 Å². The monoisotopic (exact) mass is 333 g/mol. The largest absolute Gasteiger partial charge is 0.309 e. The van der Waals surface area contributed by atoms with Crippen LogP contribution in [0.15, 0.2) is 71.2 Å². The lowest BCUT2D eigenvalue weighted by Crippen LogP contribution is -2.36. The van der Waals surface area contributed by atoms with Gasteiger partial charge in [-0.25, -0.2) is 4.68 Å². The predicted molar refractivity (Wildman–Crippen MR) is 104 cm³/mol. The molecule has 1 N–H and O–H groups in total. The highest BCUT2D eigenvalue weighted by Crippen LogP contribution is 2.07. The van der Waals surface area contributed by atoms with E-state index in [-0.39, 0.29) is 11.6 Å². The summed E-state index contributed by atoms with van der Waals surface area (Å²) in [5, 5.41) is 9.34. The minimum absolute atomic E-state index is 0.0386. The molecule has 0 spiro atoms. The van der Waals surface area contributed by atoms with Crippen molar-refractivity contribution in [1.29, 1.82) is 0 Å². The SMILES string of the molecule is CC(=Cc1ccccc1)CNC(C)Cn1ncc2ccccc2c1=O. The first-order valence-corrected chi connectivity index (χ1v) is 8.54. The Labute approximate surface area is 147 Å². The maximum absolute atomic E-state index is 12.5. The van der Waals surface area contributed by atoms with Crippen LogP contribution in [0.5, 0.6) is 0 Å². The number of rotatable bonds is 6. The van der Waals surface area contributed by atoms with E-state index in [1.165, 1.54) is 15.8 Å². The molecule has 3 rings (SSSR count). The van der Waals surface area contributed by atoms with Crippen LogP contribution >= 0.6 is 0 Å². The molecular weight excluding hydrogens is 310 g/mol. The highest BCUT2D eigenvalue weighted by Gasteiger charge is 2.08. The number of fused-ring (bicyclic) bond motifs is 1. The molecule has 128 valence electrons. The molecule has 0 aliphatic heterocycles. The molecule has 1 heterocycles. The van der Waals surface area contributed by atoms with Gasteiger partial charge >= 0.3 is 0 Å². The van der Waals surface area contributed by atoms with E-state index >= 15 is 0 Å². The van der Waals surface area contributed by atoms with E-state index in [1.807, 2.05) is 42.5 Å². The number of nitrogens with one attached hydrogen (secondary N) is 1. The van der Waals surface area contributed by atoms with Crippen LogP contribution in [0.1, 0.15) is 19.4 Å². The first-order valence-electron chi connectivity index (χ1n) is 8.54. The van der Waals surface area contributed by atoms with E-state index in [1.54, 1.807) is 6.20 Å². The standard InChI is InChI=1S/C21H23N3O/c1-16(12-18-8-4-3-5-9-18)13-22-17(2)15-24-21(25)20-11-7-6-10-19(20)14-23-24/h3-12,14,17,22H,13,15H2,1-2H3. The van der Waals surface area contributed by atoms with Gasteiger partial charge in [0.2, 0.25) is 0 Å². The van der Waals surface area contributed by atoms with E-state index in [4.69, 9.17) is 0 Å². The van der Waals surface area contributed by atoms with Crippen LogP contribution in [0, 0.1) is 0 Å². The van der Waals surface area contributed by atoms with Crippen molar-refractivity contribution in [3.8, 4) is 0 Å². The van der Waals surface area contributed by atoms with E-state index in [9.17, 15) is 4.79 Å². The highest BCUT2D eigenvalue weighted by atomic mass is 16.1. The van der Waals surface area contributed by atoms with E-state index in [2.05, 4.69) is 42.5 Å². The molecule has 0 saturated carbocycles. The van der Waals surface area contributed by atoms with Gasteiger partial charge in [-0.3, -0.25) is 4.79 Å². The first-order chi connectivity index (χ1) is 12.1. The summed E-state index contributed by atoms with van der Waals surface area (Å²) in [5.74, 6) is 0. The molecule has 1 atom stereocenters. The zero-order valence-corrected chi connectivity index (χ0v) is 14.6. The van der Waals surface area contributed by atoms with Crippen molar-refractivity contribution in [2.75, 3.05) is 6.54 Å². The molecule has 0 saturated heterocycles. The number of aromatic nitrogens is 2. The van der Waals surface area contributed by atoms with Gasteiger partial charge in [-0.05, 0) is 25.5 Å². The number of benzene rings is 2. The molecular formula is C21H23N3O. The van der Waals surface area contributed by atoms with Crippen LogP contribution in [0.2, 0.25) is 0 Å². The fraction of sp³-hybridized carbons (Fsp3) is 0.238. The molecule has 0 bridgehead atoms. The van der Waals surface area contributed by atoms with Gasteiger partial charge in [0, 0.05) is 18.0 Å². The Balaban J connectivity index is 1.63. The summed E-state index contributed by atoms with van der Waals surface area (Å²) in [5.41, 5.74) is 2.40. The van der Waals surface area contributed by atoms with Gasteiger partial charge in [0.15, 0.2) is 0 Å². The highest BCUT2D eigenvalue weighted by molar-refractivity contribution is 5.80. The molecule has 0 aliphatic rings. The predicted octanol–water partition coefficient (Wildman–Crippen LogP) is 3.48. The average Bonchev–Trinajstić information content (AvgIpc) is 2.63. The third-order valence-corrected chi connectivity index (χ3v) is 4.15. The van der Waals surface area contributed by atoms with Gasteiger partial charge in [0.1, 0.15) is 0 Å². The summed E-state index contributed by atoms with van der Waals surface area (Å²) < 4.78 is 1.54. The number of nitrogens with zero attached hydrogens (tertiary/aromatic N) is 2. The van der Waals surface area contributed by atoms with Crippen molar-refractivity contribution in [1.82, 2.24) is 15.1 Å². The molecule has 4 nitrogen and oxygen atoms in total. The molecule has 1 unspecified atom stereocenters. The molecule has 0 amide bonds. The van der Waals surface area contributed by atoms with E-state index < -0.39 is 0 Å². The maximum Gasteiger partial charge on any atom is 0.274 e. The Morgan fingerprint density at radius 1 is 1.16 bits per heavy atom. The molecule has 1 aromatic heterocycles. The minimum Gasteiger partial charge on any atom is -0.309 e. The normalized spacial score (nSPS) is 13.1. The Kier molecular flexibility index (Phi) is 5.41. The van der Waals surface area contributed by atoms with E-state index in [0.29, 0.717) is 11.9 Å². The molecule has 3 aromatic rings. The fourth-order valence-electron chi connectivity index (χ4n) is 2.80. The lowest BCUT2D eigenvalue weighted by molar-refractivity contribution is 0.453. The fourth-order valence-corrected chi connectivity index (χ4v) is 2.80. The Morgan fingerprint density at radius 3 is 2.68 bits per heavy atom. The summed E-state index contributed by atoms with van der Waals surface area (Å²) >= 11 is 0. The summed E-state index contributed by atoms with van der Waals surface area (Å²) in [4.78, 5) is 12.5. The van der Waals surface area contributed by atoms with Gasteiger partial charge in [0.05, 0.1) is 18.1 Å². The summed E-state index contributed by atoms with van der Waals surface area (Å²) in [6.45, 7) is 5.49. The van der Waals surface area contributed by atoms with Gasteiger partial charge in [-0.2, -0.15) is 5.10 Å². The van der Waals surface area contributed by atoms with Crippen molar-refractivity contribution >= 4 is 16.8 Å². The second-order valence-electron chi connectivity index (χ2n) is 6.40. The number of hydrogen-bond donors (Lipinski definition) is 1. The maximum atomic E-state index is 12.5. The van der Waals surface area contributed by atoms with Crippen LogP contribution in [-0.4, -0.2) is 22.4 Å². The van der Waals surface area contributed by atoms with Gasteiger partial charge < -0.3 is 5.32 Å². The van der Waals surface area contributed by atoms with Crippen LogP contribution in [-0.2, 0) is 6.54 Å². The third kappa shape index (κ3) is 4.43. The topological polar surface area (TPSA) is 46.9 Å². The van der Waals surface area contributed by atoms with Crippen molar-refractivity contribution < 1.29 is 0 Å². The molecule has 0 fully saturated rings. The molecule has 2 aromatic carbocycles. The quantitative estimate of drug-likeness (QED) is 0.751. The number of hydrogen-bond acceptors (Lipinski definition) is 3. The lowest BCUT2D eigenvalue weighted by Gasteiger charge is -2.15. The molecule has 0 aliphatic carbocycles. The van der Waals surface area contributed by atoms with Crippen molar-refractivity contribution in [2.45, 2.75) is 26.4 Å². The van der Waals surface area contributed by atoms with Crippen molar-refractivity contribution in [3.63, 3.8) is 0 Å². The average molecular weight is 333 g/mol. The smallest absolute Gasteiger partial charge is 0.274 e. The third-order valence-electron chi connectivity index (χ3n) is 4.15. The van der Waals surface area contributed by atoms with Crippen LogP contribution < -0.4 is 10.9 Å². The Bertz CT molecular complexity index is 929. The summed E-state index contributed by atoms with van der Waals surface area (Å²) in [6, 6.07) is 18.0. The Morgan fingerprint density at radius 2 is 1.88 bits per heavy atom. The van der Waals surface area contributed by atoms with Crippen LogP contribution in [0.25, 0.3) is 16.8 Å². The van der Waals surface area contributed by atoms with Crippen molar-refractivity contribution in [3.05, 3.63) is 82.3 Å². The van der Waals surface area contributed by atoms with Gasteiger partial charge in [0.25, 0.3) is 5.56 Å². The van der Waals surface area contributed by atoms with E-state index in [0.717, 1.165) is 11.9 Å². The second-order valence-corrected chi connectivity index (χ2v) is 6.40. The van der Waals surface area contributed by atoms with Crippen LogP contribution in [0.3, 0.4) is 0 Å². The summed E-state index contributed by atoms with van der Waals surface area (Å²) in [6.07, 6.45) is 3.92. The van der Waals surface area contributed by atoms with Gasteiger partial charge in [-0.1, -0.05) is 60.2 Å². The molecule has 4 heteroatoms. The Hall–Kier alpha value is -2.72. The zero-order chi connectivity index (χ0) is 17.6. The summed E-state index contributed by atoms with van der Waals surface area (Å²) in [7, 11) is 0. The molecule has 25 heavy (non-hydrogen) atoms. The minimum atomic E-state index is -0.0386. The second kappa shape index (κ2) is 7.90. The van der Waals surface area contributed by atoms with Gasteiger partial charge in [-0.15, -0.1) is 0 Å². The first kappa shape index (κ1) is 17.1. The van der Waals surface area contributed by atoms with Crippen LogP contribution in [0.4, 0.5) is 0 Å². The zero-order valence-electron chi connectivity index (χ0n) is 14.6. The lowest BCUT2D eigenvalue weighted by atomic mass is 10.1.